The zero-order valence-corrected chi connectivity index (χ0v) is 16.2. The maximum Gasteiger partial charge on any atom is 0.226 e. The molecule has 1 N–H and O–H groups in total. The Labute approximate surface area is 163 Å². The molecule has 0 radical (unpaired) electrons. The maximum atomic E-state index is 13.1. The van der Waals surface area contributed by atoms with Crippen molar-refractivity contribution in [3.05, 3.63) is 77.3 Å². The van der Waals surface area contributed by atoms with Crippen LogP contribution in [0.3, 0.4) is 0 Å². The minimum absolute atomic E-state index is 0.573. The zero-order valence-electron chi connectivity index (χ0n) is 16.2. The highest BCUT2D eigenvalue weighted by Crippen LogP contribution is 2.29. The molecule has 2 aromatic heterocycles. The molecule has 0 aliphatic rings. The first-order chi connectivity index (χ1) is 13.4. The van der Waals surface area contributed by atoms with E-state index in [1.165, 1.54) is 6.92 Å². The minimum Gasteiger partial charge on any atom is -0.441 e. The van der Waals surface area contributed by atoms with E-state index < -0.39 is 12.3 Å². The summed E-state index contributed by atoms with van der Waals surface area (Å²) >= 11 is 0. The summed E-state index contributed by atoms with van der Waals surface area (Å²) in [5, 5.41) is 11.2. The summed E-state index contributed by atoms with van der Waals surface area (Å²) in [7, 11) is 0. The molecular formula is C23H23FN2O2. The van der Waals surface area contributed by atoms with Gasteiger partial charge in [0.25, 0.3) is 0 Å². The molecule has 0 bridgehead atoms. The van der Waals surface area contributed by atoms with E-state index in [4.69, 9.17) is 9.40 Å². The molecule has 1 unspecified atom stereocenters. The molecule has 144 valence electrons. The first kappa shape index (κ1) is 18.4. The smallest absolute Gasteiger partial charge is 0.226 e. The van der Waals surface area contributed by atoms with Gasteiger partial charge in [-0.1, -0.05) is 24.3 Å². The number of hydrogen-bond donors (Lipinski definition) is 1. The van der Waals surface area contributed by atoms with Crippen LogP contribution in [0.15, 0.2) is 59.0 Å². The van der Waals surface area contributed by atoms with Crippen LogP contribution < -0.4 is 0 Å². The maximum absolute atomic E-state index is 13.1. The molecule has 0 saturated carbocycles. The Morgan fingerprint density at radius 1 is 1.11 bits per heavy atom. The summed E-state index contributed by atoms with van der Waals surface area (Å²) in [5.74, 6) is 1.40. The van der Waals surface area contributed by atoms with Crippen LogP contribution in [0.25, 0.3) is 22.4 Å². The van der Waals surface area contributed by atoms with Gasteiger partial charge in [0.1, 0.15) is 23.7 Å². The Balaban J connectivity index is 1.71. The molecule has 0 fully saturated rings. The Hall–Kier alpha value is -2.92. The van der Waals surface area contributed by atoms with Gasteiger partial charge in [-0.25, -0.2) is 9.37 Å². The fourth-order valence-electron chi connectivity index (χ4n) is 3.46. The van der Waals surface area contributed by atoms with E-state index >= 15 is 0 Å². The van der Waals surface area contributed by atoms with Crippen molar-refractivity contribution in [1.82, 2.24) is 9.55 Å². The van der Waals surface area contributed by atoms with Crippen molar-refractivity contribution in [3.8, 4) is 11.5 Å². The van der Waals surface area contributed by atoms with E-state index in [-0.39, 0.29) is 0 Å². The molecule has 2 heterocycles. The van der Waals surface area contributed by atoms with Crippen molar-refractivity contribution in [2.75, 3.05) is 6.67 Å². The van der Waals surface area contributed by atoms with Crippen LogP contribution >= 0.6 is 0 Å². The molecule has 5 heteroatoms. The Bertz CT molecular complexity index is 1130. The number of rotatable bonds is 5. The van der Waals surface area contributed by atoms with Crippen molar-refractivity contribution in [2.45, 2.75) is 32.9 Å². The molecule has 4 nitrogen and oxygen atoms in total. The van der Waals surface area contributed by atoms with Gasteiger partial charge in [-0.3, -0.25) is 0 Å². The molecule has 2 aromatic carbocycles. The summed E-state index contributed by atoms with van der Waals surface area (Å²) in [6.45, 7) is 5.20. The summed E-state index contributed by atoms with van der Waals surface area (Å²) in [5.41, 5.74) is 3.00. The van der Waals surface area contributed by atoms with Gasteiger partial charge in [0.15, 0.2) is 0 Å². The lowest BCUT2D eigenvalue weighted by Gasteiger charge is -2.19. The Morgan fingerprint density at radius 3 is 2.57 bits per heavy atom. The first-order valence-corrected chi connectivity index (χ1v) is 9.29. The van der Waals surface area contributed by atoms with Crippen LogP contribution in [0.4, 0.5) is 4.39 Å². The first-order valence-electron chi connectivity index (χ1n) is 9.29. The van der Waals surface area contributed by atoms with Crippen molar-refractivity contribution in [3.63, 3.8) is 0 Å². The van der Waals surface area contributed by atoms with Crippen molar-refractivity contribution < 1.29 is 13.9 Å². The SMILES string of the molecule is Cc1oc(-c2ccccc2)nc1Cn1c(C)cc2cc(C(C)(O)CF)ccc21. The fourth-order valence-corrected chi connectivity index (χ4v) is 3.46. The van der Waals surface area contributed by atoms with E-state index in [0.29, 0.717) is 18.0 Å². The zero-order chi connectivity index (χ0) is 19.9. The summed E-state index contributed by atoms with van der Waals surface area (Å²) < 4.78 is 21.2. The van der Waals surface area contributed by atoms with Crippen molar-refractivity contribution in [2.24, 2.45) is 0 Å². The monoisotopic (exact) mass is 378 g/mol. The lowest BCUT2D eigenvalue weighted by molar-refractivity contribution is 0.0301. The number of fused-ring (bicyclic) bond motifs is 1. The van der Waals surface area contributed by atoms with Crippen LogP contribution in [0.2, 0.25) is 0 Å². The number of alkyl halides is 1. The van der Waals surface area contributed by atoms with Gasteiger partial charge in [0, 0.05) is 22.2 Å². The third-order valence-corrected chi connectivity index (χ3v) is 5.21. The summed E-state index contributed by atoms with van der Waals surface area (Å²) in [6.07, 6.45) is 0. The van der Waals surface area contributed by atoms with E-state index in [1.54, 1.807) is 6.07 Å². The third-order valence-electron chi connectivity index (χ3n) is 5.21. The highest BCUT2D eigenvalue weighted by Gasteiger charge is 2.24. The number of aryl methyl sites for hydroxylation is 2. The van der Waals surface area contributed by atoms with Crippen LogP contribution in [-0.2, 0) is 12.1 Å². The van der Waals surface area contributed by atoms with Crippen LogP contribution in [0.5, 0.6) is 0 Å². The molecule has 4 rings (SSSR count). The number of aliphatic hydroxyl groups is 1. The average molecular weight is 378 g/mol. The van der Waals surface area contributed by atoms with Crippen LogP contribution in [0.1, 0.15) is 29.6 Å². The predicted molar refractivity (Wildman–Crippen MR) is 108 cm³/mol. The molecule has 0 aliphatic carbocycles. The second kappa shape index (κ2) is 6.91. The summed E-state index contributed by atoms with van der Waals surface area (Å²) in [6, 6.07) is 17.4. The minimum atomic E-state index is -1.47. The van der Waals surface area contributed by atoms with Gasteiger partial charge in [-0.05, 0) is 56.7 Å². The number of benzene rings is 2. The molecule has 0 saturated heterocycles. The van der Waals surface area contributed by atoms with Crippen LogP contribution in [0, 0.1) is 13.8 Å². The standard InChI is InChI=1S/C23H23FN2O2/c1-15-11-18-12-19(23(3,27)14-24)9-10-21(18)26(15)13-20-16(2)28-22(25-20)17-7-5-4-6-8-17/h4-12,27H,13-14H2,1-3H3. The van der Waals surface area contributed by atoms with Crippen molar-refractivity contribution >= 4 is 10.9 Å². The van der Waals surface area contributed by atoms with E-state index in [0.717, 1.165) is 33.6 Å². The highest BCUT2D eigenvalue weighted by molar-refractivity contribution is 5.82. The molecule has 4 aromatic rings. The molecule has 0 aliphatic heterocycles. The fraction of sp³-hybridized carbons (Fsp3) is 0.261. The van der Waals surface area contributed by atoms with E-state index in [1.807, 2.05) is 62.4 Å². The van der Waals surface area contributed by atoms with Gasteiger partial charge >= 0.3 is 0 Å². The number of halogens is 1. The largest absolute Gasteiger partial charge is 0.441 e. The van der Waals surface area contributed by atoms with Gasteiger partial charge in [-0.15, -0.1) is 0 Å². The van der Waals surface area contributed by atoms with Gasteiger partial charge in [0.2, 0.25) is 5.89 Å². The van der Waals surface area contributed by atoms with Gasteiger partial charge in [0.05, 0.1) is 6.54 Å². The molecular weight excluding hydrogens is 355 g/mol. The van der Waals surface area contributed by atoms with E-state index in [9.17, 15) is 9.50 Å². The van der Waals surface area contributed by atoms with Crippen LogP contribution in [-0.4, -0.2) is 21.3 Å². The highest BCUT2D eigenvalue weighted by atomic mass is 19.1. The second-order valence-electron chi connectivity index (χ2n) is 7.44. The van der Waals surface area contributed by atoms with Crippen molar-refractivity contribution in [1.29, 1.82) is 0 Å². The second-order valence-corrected chi connectivity index (χ2v) is 7.44. The Kier molecular flexibility index (Phi) is 4.55. The lowest BCUT2D eigenvalue weighted by Crippen LogP contribution is -2.23. The third kappa shape index (κ3) is 3.22. The van der Waals surface area contributed by atoms with E-state index in [2.05, 4.69) is 4.57 Å². The normalized spacial score (nSPS) is 13.8. The lowest BCUT2D eigenvalue weighted by atomic mass is 9.96. The van der Waals surface area contributed by atoms with Gasteiger partial charge < -0.3 is 14.1 Å². The number of aromatic nitrogens is 2. The molecule has 28 heavy (non-hydrogen) atoms. The number of hydrogen-bond acceptors (Lipinski definition) is 3. The quantitative estimate of drug-likeness (QED) is 0.523. The molecule has 0 amide bonds. The molecule has 0 spiro atoms. The molecule has 1 atom stereocenters. The Morgan fingerprint density at radius 2 is 1.86 bits per heavy atom. The topological polar surface area (TPSA) is 51.2 Å². The number of oxazole rings is 1. The van der Waals surface area contributed by atoms with Gasteiger partial charge in [-0.2, -0.15) is 0 Å². The predicted octanol–water partition coefficient (Wildman–Crippen LogP) is 5.14. The number of nitrogens with zero attached hydrogens (tertiary/aromatic N) is 2. The average Bonchev–Trinajstić information content (AvgIpc) is 3.22. The summed E-state index contributed by atoms with van der Waals surface area (Å²) in [4.78, 5) is 4.70.